The lowest BCUT2D eigenvalue weighted by atomic mass is 9.82. The fourth-order valence-corrected chi connectivity index (χ4v) is 9.58. The third-order valence-corrected chi connectivity index (χ3v) is 13.9. The van der Waals surface area contributed by atoms with E-state index in [1.807, 2.05) is 0 Å². The summed E-state index contributed by atoms with van der Waals surface area (Å²) in [5.74, 6) is -7.72. The Morgan fingerprint density at radius 1 is 0.782 bits per heavy atom. The van der Waals surface area contributed by atoms with E-state index in [0.717, 1.165) is 0 Å². The van der Waals surface area contributed by atoms with Crippen molar-refractivity contribution in [1.29, 1.82) is 0 Å². The van der Waals surface area contributed by atoms with E-state index >= 15 is 0 Å². The average molecular weight is 1100 g/mol. The number of anilines is 1. The van der Waals surface area contributed by atoms with Crippen LogP contribution in [0.3, 0.4) is 0 Å². The zero-order valence-electron chi connectivity index (χ0n) is 44.4. The number of aliphatic hydroxyl groups is 9. The lowest BCUT2D eigenvalue weighted by Gasteiger charge is -2.45. The molecular formula is C57H83N3O18. The Labute approximate surface area is 455 Å². The van der Waals surface area contributed by atoms with Gasteiger partial charge in [0.2, 0.25) is 0 Å². The Morgan fingerprint density at radius 2 is 1.37 bits per heavy atom. The number of hydrogen-bond donors (Lipinski definition) is 13. The van der Waals surface area contributed by atoms with Gasteiger partial charge in [-0.1, -0.05) is 98.9 Å². The van der Waals surface area contributed by atoms with E-state index in [2.05, 4.69) is 0 Å². The minimum atomic E-state index is -2.32. The van der Waals surface area contributed by atoms with Crippen LogP contribution in [0.2, 0.25) is 0 Å². The highest BCUT2D eigenvalue weighted by Gasteiger charge is 2.50. The number of aliphatic hydroxyl groups excluding tert-OH is 8. The molecule has 1 aromatic rings. The van der Waals surface area contributed by atoms with Crippen molar-refractivity contribution in [3.63, 3.8) is 0 Å². The van der Waals surface area contributed by atoms with Gasteiger partial charge in [-0.2, -0.15) is 0 Å². The fraction of sp³-hybridized carbons (Fsp3) is 0.579. The zero-order chi connectivity index (χ0) is 57.5. The maximum Gasteiger partial charge on any atom is 0.311 e. The maximum absolute atomic E-state index is 13.3. The predicted molar refractivity (Wildman–Crippen MR) is 287 cm³/mol. The summed E-state index contributed by atoms with van der Waals surface area (Å²) in [5, 5.41) is 108. The Morgan fingerprint density at radius 3 is 1.99 bits per heavy atom. The first-order chi connectivity index (χ1) is 36.9. The van der Waals surface area contributed by atoms with Gasteiger partial charge in [0.15, 0.2) is 17.9 Å². The van der Waals surface area contributed by atoms with Crippen LogP contribution in [0.1, 0.15) is 101 Å². The SMILES string of the molecule is C[C@H]1/C=C/C=C/C=C/C=C\C=C/C=C/C=C/[C@H](O[C@@H]2OC[C@@H](O)[C@H](N)[C@@H]2O)C[C@@H]2O[C@](O)(C[C@@H](O)C[C@@H](O)C[C@@H](O)CC(=O)CCCC(O)CC(=O)O[C@@H]1[C@@H](N)C[C@H](C)[C@@H](O)CC(=O)c1ccc(N)cc1)C[C@H](O)[C@H]2C(=O)O. The van der Waals surface area contributed by atoms with Crippen LogP contribution in [-0.2, 0) is 33.3 Å². The number of ketones is 2. The van der Waals surface area contributed by atoms with Gasteiger partial charge in [0.25, 0.3) is 0 Å². The minimum absolute atomic E-state index is 0.0277. The fourth-order valence-electron chi connectivity index (χ4n) is 9.58. The van der Waals surface area contributed by atoms with Gasteiger partial charge in [0, 0.05) is 61.7 Å². The van der Waals surface area contributed by atoms with Crippen molar-refractivity contribution in [2.45, 2.75) is 182 Å². The second-order valence-electron chi connectivity index (χ2n) is 20.8. The largest absolute Gasteiger partial charge is 0.481 e. The number of ether oxygens (including phenoxy) is 4. The van der Waals surface area contributed by atoms with E-state index in [9.17, 15) is 70.2 Å². The molecule has 21 nitrogen and oxygen atoms in total. The highest BCUT2D eigenvalue weighted by Crippen LogP contribution is 2.38. The molecule has 434 valence electrons. The molecule has 2 fully saturated rings. The summed E-state index contributed by atoms with van der Waals surface area (Å²) >= 11 is 0. The van der Waals surface area contributed by atoms with E-state index in [1.54, 1.807) is 117 Å². The molecule has 78 heavy (non-hydrogen) atoms. The predicted octanol–water partition coefficient (Wildman–Crippen LogP) is 1.86. The Kier molecular flexibility index (Phi) is 27.6. The van der Waals surface area contributed by atoms with Gasteiger partial charge >= 0.3 is 11.9 Å². The first-order valence-electron chi connectivity index (χ1n) is 26.6. The highest BCUT2D eigenvalue weighted by atomic mass is 16.7. The molecule has 1 aromatic carbocycles. The first-order valence-corrected chi connectivity index (χ1v) is 26.6. The zero-order valence-corrected chi connectivity index (χ0v) is 44.4. The van der Waals surface area contributed by atoms with Gasteiger partial charge in [0.1, 0.15) is 23.9 Å². The number of nitrogens with two attached hydrogens (primary N) is 3. The molecule has 21 heteroatoms. The minimum Gasteiger partial charge on any atom is -0.481 e. The van der Waals surface area contributed by atoms with Gasteiger partial charge < -0.3 is 87.2 Å². The van der Waals surface area contributed by atoms with E-state index in [4.69, 9.17) is 36.1 Å². The Balaban J connectivity index is 1.52. The summed E-state index contributed by atoms with van der Waals surface area (Å²) in [6.45, 7) is 3.27. The molecular weight excluding hydrogens is 1010 g/mol. The average Bonchev–Trinajstić information content (AvgIpc) is 3.38. The monoisotopic (exact) mass is 1100 g/mol. The van der Waals surface area contributed by atoms with Crippen molar-refractivity contribution in [1.82, 2.24) is 0 Å². The van der Waals surface area contributed by atoms with Gasteiger partial charge in [-0.05, 0) is 62.3 Å². The number of rotatable bonds is 10. The number of hydrogen-bond acceptors (Lipinski definition) is 20. The molecule has 16 N–H and O–H groups in total. The van der Waals surface area contributed by atoms with Gasteiger partial charge in [-0.15, -0.1) is 0 Å². The van der Waals surface area contributed by atoms with E-state index in [-0.39, 0.29) is 63.8 Å². The molecule has 0 saturated carbocycles. The molecule has 18 atom stereocenters. The number of fused-ring (bicyclic) bond motifs is 2. The molecule has 1 unspecified atom stereocenters. The summed E-state index contributed by atoms with van der Waals surface area (Å²) in [6, 6.07) is 4.43. The number of aliphatic carboxylic acids is 1. The number of carbonyl (C=O) groups is 4. The lowest BCUT2D eigenvalue weighted by Crippen LogP contribution is -2.59. The van der Waals surface area contributed by atoms with E-state index < -0.39 is 152 Å². The molecule has 0 aromatic heterocycles. The van der Waals surface area contributed by atoms with Crippen LogP contribution >= 0.6 is 0 Å². The van der Waals surface area contributed by atoms with Crippen LogP contribution in [0.15, 0.2) is 109 Å². The van der Waals surface area contributed by atoms with Crippen LogP contribution < -0.4 is 17.2 Å². The van der Waals surface area contributed by atoms with Gasteiger partial charge in [-0.25, -0.2) is 0 Å². The maximum atomic E-state index is 13.3. The molecule has 0 aliphatic carbocycles. The third kappa shape index (κ3) is 22.6. The molecule has 3 aliphatic rings. The van der Waals surface area contributed by atoms with Crippen LogP contribution in [0.25, 0.3) is 0 Å². The molecule has 0 radical (unpaired) electrons. The molecule has 2 bridgehead atoms. The molecule has 3 heterocycles. The van der Waals surface area contributed by atoms with E-state index in [0.29, 0.717) is 11.3 Å². The van der Waals surface area contributed by atoms with Crippen molar-refractivity contribution < 1.29 is 89.2 Å². The number of allylic oxidation sites excluding steroid dienone is 12. The second-order valence-corrected chi connectivity index (χ2v) is 20.8. The van der Waals surface area contributed by atoms with Crippen molar-refractivity contribution in [2.24, 2.45) is 29.2 Å². The number of carbonyl (C=O) groups excluding carboxylic acids is 3. The molecule has 3 aliphatic heterocycles. The Hall–Kier alpha value is -5.08. The topological polar surface area (TPSA) is 386 Å². The summed E-state index contributed by atoms with van der Waals surface area (Å²) in [5.41, 5.74) is 19.3. The van der Waals surface area contributed by atoms with Crippen molar-refractivity contribution in [3.05, 3.63) is 115 Å². The van der Waals surface area contributed by atoms with Crippen LogP contribution in [-0.4, -0.2) is 172 Å². The smallest absolute Gasteiger partial charge is 0.311 e. The van der Waals surface area contributed by atoms with Crippen molar-refractivity contribution in [2.75, 3.05) is 12.3 Å². The van der Waals surface area contributed by atoms with Gasteiger partial charge in [-0.3, -0.25) is 19.2 Å². The number of cyclic esters (lactones) is 1. The number of esters is 1. The number of carboxylic acid groups (broad SMARTS) is 1. The van der Waals surface area contributed by atoms with Crippen molar-refractivity contribution >= 4 is 29.2 Å². The standard InChI is InChI=1S/C57H83N3O18/c1-34-16-13-11-9-7-5-3-4-6-8-10-12-14-19-43(76-56-53(71)52(60)48(69)33-75-56)29-49-51(55(72)73)47(68)32-57(74,78-49)31-42(65)27-41(64)26-40(63)25-38(61)17-15-18-39(62)28-50(70)77-54(34)44(59)24-35(2)45(66)30-46(67)36-20-22-37(58)23-21-36/h3-14,16,19-23,34-35,39-45,47-49,51-54,56,62-66,68-69,71,74H,15,17-18,24-33,58-60H2,1-2H3,(H,72,73)/b4-3-,7-5+,8-6-,11-9+,12-10+,16-13+,19-14+/t34-,35-,39?,40-,41-,42-,43-,44-,45-,47-,48+,49-,51+,52-,53-,54-,56-,57+/m0/s1. The summed E-state index contributed by atoms with van der Waals surface area (Å²) in [6.07, 6.45) is 5.25. The van der Waals surface area contributed by atoms with E-state index in [1.165, 1.54) is 6.08 Å². The third-order valence-electron chi connectivity index (χ3n) is 13.9. The second kappa shape index (κ2) is 32.9. The summed E-state index contributed by atoms with van der Waals surface area (Å²) in [7, 11) is 0. The van der Waals surface area contributed by atoms with Crippen LogP contribution in [0.4, 0.5) is 5.69 Å². The normalized spacial score (nSPS) is 37.2. The van der Waals surface area contributed by atoms with Crippen LogP contribution in [0, 0.1) is 17.8 Å². The lowest BCUT2D eigenvalue weighted by molar-refractivity contribution is -0.305. The van der Waals surface area contributed by atoms with Gasteiger partial charge in [0.05, 0.1) is 74.0 Å². The van der Waals surface area contributed by atoms with Crippen molar-refractivity contribution in [3.8, 4) is 0 Å². The molecule has 0 spiro atoms. The first kappa shape index (κ1) is 65.4. The highest BCUT2D eigenvalue weighted by molar-refractivity contribution is 5.96. The quantitative estimate of drug-likeness (QED) is 0.0903. The number of Topliss-reactive ketones (excluding diaryl/α,β-unsaturated/α-hetero) is 2. The van der Waals surface area contributed by atoms with Crippen LogP contribution in [0.5, 0.6) is 0 Å². The number of carboxylic acids is 1. The Bertz CT molecular complexity index is 2250. The molecule has 4 rings (SSSR count). The number of nitrogen functional groups attached to an aromatic ring is 1. The molecule has 2 saturated heterocycles. The summed E-state index contributed by atoms with van der Waals surface area (Å²) < 4.78 is 23.4. The molecule has 0 amide bonds. The summed E-state index contributed by atoms with van der Waals surface area (Å²) in [4.78, 5) is 51.5. The number of benzene rings is 1.